The van der Waals surface area contributed by atoms with E-state index in [0.717, 1.165) is 12.0 Å². The first-order valence-corrected chi connectivity index (χ1v) is 8.96. The number of nitrogens with one attached hydrogen (secondary N) is 1. The highest BCUT2D eigenvalue weighted by atomic mass is 35.5. The van der Waals surface area contributed by atoms with Gasteiger partial charge >= 0.3 is 0 Å². The molecule has 142 valence electrons. The van der Waals surface area contributed by atoms with Crippen LogP contribution in [0, 0.1) is 6.92 Å². The van der Waals surface area contributed by atoms with Crippen molar-refractivity contribution in [2.24, 2.45) is 0 Å². The number of amides is 2. The Balaban J connectivity index is 1.88. The van der Waals surface area contributed by atoms with Gasteiger partial charge in [0.1, 0.15) is 0 Å². The number of benzene rings is 2. The standard InChI is InChI=1S/C20H21ClN2O4/c1-12-9-17(26-2)18(27-3)11-15(12)22-20(25)13-6-7-14(21)16(10-13)23-8-4-5-19(23)24/h6-7,9-11H,4-5,8H2,1-3H3,(H,22,25). The molecule has 1 fully saturated rings. The Labute approximate surface area is 163 Å². The predicted molar refractivity (Wildman–Crippen MR) is 105 cm³/mol. The topological polar surface area (TPSA) is 67.9 Å². The van der Waals surface area contributed by atoms with Crippen LogP contribution in [0.15, 0.2) is 30.3 Å². The minimum Gasteiger partial charge on any atom is -0.493 e. The van der Waals surface area contributed by atoms with Crippen LogP contribution in [0.3, 0.4) is 0 Å². The lowest BCUT2D eigenvalue weighted by Crippen LogP contribution is -2.24. The van der Waals surface area contributed by atoms with E-state index in [9.17, 15) is 9.59 Å². The Morgan fingerprint density at radius 3 is 2.48 bits per heavy atom. The van der Waals surface area contributed by atoms with Crippen LogP contribution < -0.4 is 19.7 Å². The average molecular weight is 389 g/mol. The fraction of sp³-hybridized carbons (Fsp3) is 0.300. The van der Waals surface area contributed by atoms with E-state index in [4.69, 9.17) is 21.1 Å². The van der Waals surface area contributed by atoms with Crippen molar-refractivity contribution in [1.29, 1.82) is 0 Å². The molecular formula is C20H21ClN2O4. The van der Waals surface area contributed by atoms with E-state index >= 15 is 0 Å². The third-order valence-corrected chi connectivity index (χ3v) is 4.87. The number of carbonyl (C=O) groups is 2. The summed E-state index contributed by atoms with van der Waals surface area (Å²) in [6, 6.07) is 8.44. The van der Waals surface area contributed by atoms with Crippen LogP contribution >= 0.6 is 11.6 Å². The van der Waals surface area contributed by atoms with Crippen molar-refractivity contribution in [3.8, 4) is 11.5 Å². The van der Waals surface area contributed by atoms with Gasteiger partial charge in [-0.25, -0.2) is 0 Å². The van der Waals surface area contributed by atoms with Gasteiger partial charge in [0, 0.05) is 30.3 Å². The van der Waals surface area contributed by atoms with Gasteiger partial charge in [-0.3, -0.25) is 9.59 Å². The molecule has 1 aliphatic rings. The molecule has 0 saturated carbocycles. The van der Waals surface area contributed by atoms with Gasteiger partial charge in [-0.2, -0.15) is 0 Å². The summed E-state index contributed by atoms with van der Waals surface area (Å²) in [5.41, 5.74) is 2.44. The molecule has 2 amide bonds. The summed E-state index contributed by atoms with van der Waals surface area (Å²) >= 11 is 6.25. The van der Waals surface area contributed by atoms with Crippen molar-refractivity contribution in [3.63, 3.8) is 0 Å². The van der Waals surface area contributed by atoms with Crippen LogP contribution in [0.1, 0.15) is 28.8 Å². The van der Waals surface area contributed by atoms with E-state index in [0.29, 0.717) is 46.4 Å². The molecule has 27 heavy (non-hydrogen) atoms. The molecular weight excluding hydrogens is 368 g/mol. The molecule has 0 atom stereocenters. The molecule has 2 aromatic carbocycles. The summed E-state index contributed by atoms with van der Waals surface area (Å²) in [4.78, 5) is 26.4. The van der Waals surface area contributed by atoms with E-state index in [1.54, 1.807) is 42.3 Å². The number of halogens is 1. The maximum Gasteiger partial charge on any atom is 0.255 e. The summed E-state index contributed by atoms with van der Waals surface area (Å²) in [5, 5.41) is 3.33. The summed E-state index contributed by atoms with van der Waals surface area (Å²) in [7, 11) is 3.10. The second-order valence-corrected chi connectivity index (χ2v) is 6.70. The number of methoxy groups -OCH3 is 2. The SMILES string of the molecule is COc1cc(C)c(NC(=O)c2ccc(Cl)c(N3CCCC3=O)c2)cc1OC. The van der Waals surface area contributed by atoms with Crippen LogP contribution in [0.5, 0.6) is 11.5 Å². The Morgan fingerprint density at radius 2 is 1.85 bits per heavy atom. The normalized spacial score (nSPS) is 13.6. The van der Waals surface area contributed by atoms with E-state index in [1.165, 1.54) is 7.11 Å². The third-order valence-electron chi connectivity index (χ3n) is 4.55. The summed E-state index contributed by atoms with van der Waals surface area (Å²) in [6.07, 6.45) is 1.29. The molecule has 1 heterocycles. The van der Waals surface area contributed by atoms with Crippen molar-refractivity contribution < 1.29 is 19.1 Å². The van der Waals surface area contributed by atoms with Crippen LogP contribution in [-0.2, 0) is 4.79 Å². The zero-order valence-electron chi connectivity index (χ0n) is 15.5. The van der Waals surface area contributed by atoms with Crippen LogP contribution in [0.4, 0.5) is 11.4 Å². The van der Waals surface area contributed by atoms with Gasteiger partial charge in [0.15, 0.2) is 11.5 Å². The number of hydrogen-bond donors (Lipinski definition) is 1. The monoisotopic (exact) mass is 388 g/mol. The highest BCUT2D eigenvalue weighted by molar-refractivity contribution is 6.34. The highest BCUT2D eigenvalue weighted by Crippen LogP contribution is 2.34. The molecule has 2 aromatic rings. The molecule has 3 rings (SSSR count). The van der Waals surface area contributed by atoms with Crippen LogP contribution in [0.25, 0.3) is 0 Å². The Morgan fingerprint density at radius 1 is 1.15 bits per heavy atom. The van der Waals surface area contributed by atoms with Gasteiger partial charge in [-0.05, 0) is 43.2 Å². The van der Waals surface area contributed by atoms with E-state index in [2.05, 4.69) is 5.32 Å². The van der Waals surface area contributed by atoms with Crippen molar-refractivity contribution in [2.75, 3.05) is 31.0 Å². The molecule has 1 saturated heterocycles. The zero-order valence-corrected chi connectivity index (χ0v) is 16.2. The molecule has 0 aliphatic carbocycles. The molecule has 0 bridgehead atoms. The zero-order chi connectivity index (χ0) is 19.6. The highest BCUT2D eigenvalue weighted by Gasteiger charge is 2.24. The number of aryl methyl sites for hydroxylation is 1. The fourth-order valence-corrected chi connectivity index (χ4v) is 3.29. The number of ether oxygens (including phenoxy) is 2. The lowest BCUT2D eigenvalue weighted by molar-refractivity contribution is -0.117. The first-order chi connectivity index (χ1) is 12.9. The van der Waals surface area contributed by atoms with Gasteiger partial charge in [-0.1, -0.05) is 11.6 Å². The van der Waals surface area contributed by atoms with E-state index < -0.39 is 0 Å². The van der Waals surface area contributed by atoms with Gasteiger partial charge in [-0.15, -0.1) is 0 Å². The fourth-order valence-electron chi connectivity index (χ4n) is 3.07. The molecule has 7 heteroatoms. The number of nitrogens with zero attached hydrogens (tertiary/aromatic N) is 1. The maximum atomic E-state index is 12.8. The van der Waals surface area contributed by atoms with Crippen LogP contribution in [-0.4, -0.2) is 32.6 Å². The summed E-state index contributed by atoms with van der Waals surface area (Å²) < 4.78 is 10.6. The molecule has 1 N–H and O–H groups in total. The molecule has 0 unspecified atom stereocenters. The van der Waals surface area contributed by atoms with Crippen molar-refractivity contribution >= 4 is 34.8 Å². The molecule has 6 nitrogen and oxygen atoms in total. The van der Waals surface area contributed by atoms with Crippen molar-refractivity contribution in [3.05, 3.63) is 46.5 Å². The lowest BCUT2D eigenvalue weighted by atomic mass is 10.1. The van der Waals surface area contributed by atoms with Gasteiger partial charge in [0.2, 0.25) is 5.91 Å². The average Bonchev–Trinajstić information content (AvgIpc) is 3.09. The van der Waals surface area contributed by atoms with Crippen LogP contribution in [0.2, 0.25) is 5.02 Å². The largest absolute Gasteiger partial charge is 0.493 e. The minimum atomic E-state index is -0.296. The molecule has 0 spiro atoms. The molecule has 0 radical (unpaired) electrons. The first kappa shape index (κ1) is 19.0. The number of rotatable bonds is 5. The van der Waals surface area contributed by atoms with E-state index in [1.807, 2.05) is 6.92 Å². The van der Waals surface area contributed by atoms with Crippen molar-refractivity contribution in [1.82, 2.24) is 0 Å². The lowest BCUT2D eigenvalue weighted by Gasteiger charge is -2.18. The van der Waals surface area contributed by atoms with Gasteiger partial charge in [0.05, 0.1) is 24.9 Å². The predicted octanol–water partition coefficient (Wildman–Crippen LogP) is 4.04. The Kier molecular flexibility index (Phi) is 5.56. The Bertz CT molecular complexity index is 898. The van der Waals surface area contributed by atoms with E-state index in [-0.39, 0.29) is 11.8 Å². The second kappa shape index (κ2) is 7.88. The van der Waals surface area contributed by atoms with Gasteiger partial charge < -0.3 is 19.7 Å². The quantitative estimate of drug-likeness (QED) is 0.839. The number of carbonyl (C=O) groups excluding carboxylic acids is 2. The third kappa shape index (κ3) is 3.85. The number of hydrogen-bond acceptors (Lipinski definition) is 4. The Hall–Kier alpha value is -2.73. The molecule has 0 aromatic heterocycles. The molecule has 1 aliphatic heterocycles. The second-order valence-electron chi connectivity index (χ2n) is 6.29. The summed E-state index contributed by atoms with van der Waals surface area (Å²) in [5.74, 6) is 0.840. The van der Waals surface area contributed by atoms with Crippen molar-refractivity contribution in [2.45, 2.75) is 19.8 Å². The number of anilines is 2. The first-order valence-electron chi connectivity index (χ1n) is 8.58. The summed E-state index contributed by atoms with van der Waals surface area (Å²) in [6.45, 7) is 2.48. The maximum absolute atomic E-state index is 12.8. The smallest absolute Gasteiger partial charge is 0.255 e. The van der Waals surface area contributed by atoms with Gasteiger partial charge in [0.25, 0.3) is 5.91 Å². The minimum absolute atomic E-state index is 0.0187.